The Morgan fingerprint density at radius 2 is 1.74 bits per heavy atom. The highest BCUT2D eigenvalue weighted by Crippen LogP contribution is 2.30. The fraction of sp³-hybridized carbons (Fsp3) is 0.593. The number of hydrogen-bond acceptors (Lipinski definition) is 7. The fourth-order valence-electron chi connectivity index (χ4n) is 5.57. The zero-order valence-corrected chi connectivity index (χ0v) is 22.0. The van der Waals surface area contributed by atoms with Crippen LogP contribution in [0.5, 0.6) is 0 Å². The Kier molecular flexibility index (Phi) is 8.32. The number of imidazole rings is 1. The van der Waals surface area contributed by atoms with Crippen LogP contribution in [0.2, 0.25) is 0 Å². The molecule has 1 unspecified atom stereocenters. The third-order valence-corrected chi connectivity index (χ3v) is 7.57. The van der Waals surface area contributed by atoms with Crippen molar-refractivity contribution in [1.29, 1.82) is 0 Å². The Bertz CT molecular complexity index is 1210. The molecule has 1 N–H and O–H groups in total. The van der Waals surface area contributed by atoms with Gasteiger partial charge in [-0.2, -0.15) is 9.97 Å². The minimum atomic E-state index is -2.76. The quantitative estimate of drug-likeness (QED) is 0.423. The maximum Gasteiger partial charge on any atom is 0.296 e. The van der Waals surface area contributed by atoms with Crippen LogP contribution in [-0.2, 0) is 4.74 Å². The van der Waals surface area contributed by atoms with E-state index in [1.807, 2.05) is 7.05 Å². The van der Waals surface area contributed by atoms with Crippen molar-refractivity contribution in [1.82, 2.24) is 24.4 Å². The molecule has 0 spiro atoms. The van der Waals surface area contributed by atoms with Crippen molar-refractivity contribution in [2.24, 2.45) is 5.92 Å². The Labute approximate surface area is 221 Å². The Morgan fingerprint density at radius 3 is 2.45 bits per heavy atom. The van der Waals surface area contributed by atoms with Crippen LogP contribution >= 0.6 is 0 Å². The van der Waals surface area contributed by atoms with E-state index < -0.39 is 12.6 Å². The molecular formula is C27H36F3N7O. The van der Waals surface area contributed by atoms with Crippen molar-refractivity contribution >= 4 is 22.8 Å². The molecule has 0 bridgehead atoms. The molecule has 1 aromatic carbocycles. The first-order valence-electron chi connectivity index (χ1n) is 13.4. The van der Waals surface area contributed by atoms with Crippen LogP contribution < -0.4 is 10.2 Å². The van der Waals surface area contributed by atoms with Crippen molar-refractivity contribution in [2.75, 3.05) is 56.7 Å². The van der Waals surface area contributed by atoms with Crippen molar-refractivity contribution in [3.05, 3.63) is 36.2 Å². The third kappa shape index (κ3) is 6.04. The van der Waals surface area contributed by atoms with Gasteiger partial charge >= 0.3 is 0 Å². The first kappa shape index (κ1) is 26.7. The summed E-state index contributed by atoms with van der Waals surface area (Å²) in [5.74, 6) is 1.54. The summed E-state index contributed by atoms with van der Waals surface area (Å²) in [6.07, 6.45) is 0.514. The summed E-state index contributed by atoms with van der Waals surface area (Å²) in [6, 6.07) is 9.25. The highest BCUT2D eigenvalue weighted by atomic mass is 19.3. The lowest BCUT2D eigenvalue weighted by Crippen LogP contribution is -2.39. The standard InChI is InChI=1S/C27H36F3N7O/c1-18(28)17-35(2)20-9-7-19(8-10-20)16-31-27-33-23(36-11-13-38-14-12-36)15-24(34-27)37-22-6-4-3-5-21(22)32-26(37)25(29)30/h3-6,15,18-20,25H,7-14,16-17H2,1-2H3,(H,31,33,34). The van der Waals surface area contributed by atoms with Gasteiger partial charge in [-0.05, 0) is 57.7 Å². The predicted octanol–water partition coefficient (Wildman–Crippen LogP) is 4.85. The monoisotopic (exact) mass is 531 g/mol. The number of alkyl halides is 3. The minimum Gasteiger partial charge on any atom is -0.378 e. The van der Waals surface area contributed by atoms with Crippen LogP contribution in [0.15, 0.2) is 30.3 Å². The van der Waals surface area contributed by atoms with Crippen molar-refractivity contribution in [3.63, 3.8) is 0 Å². The molecule has 1 saturated carbocycles. The van der Waals surface area contributed by atoms with Gasteiger partial charge in [-0.15, -0.1) is 0 Å². The van der Waals surface area contributed by atoms with Crippen molar-refractivity contribution in [2.45, 2.75) is 51.2 Å². The molecule has 38 heavy (non-hydrogen) atoms. The molecule has 2 aromatic heterocycles. The number of morpholine rings is 1. The van der Waals surface area contributed by atoms with E-state index in [1.54, 1.807) is 37.3 Å². The second kappa shape index (κ2) is 11.9. The van der Waals surface area contributed by atoms with E-state index in [4.69, 9.17) is 9.72 Å². The molecule has 5 rings (SSSR count). The molecule has 0 amide bonds. The first-order valence-corrected chi connectivity index (χ1v) is 13.4. The number of para-hydroxylation sites is 2. The van der Waals surface area contributed by atoms with Gasteiger partial charge in [-0.1, -0.05) is 12.1 Å². The summed E-state index contributed by atoms with van der Waals surface area (Å²) < 4.78 is 48.5. The molecule has 1 saturated heterocycles. The van der Waals surface area contributed by atoms with Crippen LogP contribution in [0.1, 0.15) is 44.9 Å². The summed E-state index contributed by atoms with van der Waals surface area (Å²) >= 11 is 0. The van der Waals surface area contributed by atoms with Gasteiger partial charge in [0.2, 0.25) is 5.95 Å². The van der Waals surface area contributed by atoms with E-state index in [9.17, 15) is 13.2 Å². The van der Waals surface area contributed by atoms with Gasteiger partial charge < -0.3 is 19.9 Å². The fourth-order valence-corrected chi connectivity index (χ4v) is 5.57. The maximum absolute atomic E-state index is 14.1. The molecule has 206 valence electrons. The van der Waals surface area contributed by atoms with Gasteiger partial charge in [0.15, 0.2) is 5.82 Å². The molecule has 1 aliphatic carbocycles. The summed E-state index contributed by atoms with van der Waals surface area (Å²) in [4.78, 5) is 17.9. The molecule has 2 aliphatic rings. The number of nitrogens with zero attached hydrogens (tertiary/aromatic N) is 6. The van der Waals surface area contributed by atoms with E-state index in [2.05, 4.69) is 25.1 Å². The van der Waals surface area contributed by atoms with Gasteiger partial charge in [0, 0.05) is 38.3 Å². The van der Waals surface area contributed by atoms with E-state index in [0.29, 0.717) is 80.0 Å². The molecule has 1 atom stereocenters. The van der Waals surface area contributed by atoms with E-state index in [1.165, 1.54) is 4.57 Å². The van der Waals surface area contributed by atoms with Crippen LogP contribution in [0.4, 0.5) is 24.9 Å². The summed E-state index contributed by atoms with van der Waals surface area (Å²) in [6.45, 7) is 5.24. The molecule has 2 fully saturated rings. The van der Waals surface area contributed by atoms with Gasteiger partial charge in [0.25, 0.3) is 6.43 Å². The van der Waals surface area contributed by atoms with Crippen LogP contribution in [0, 0.1) is 5.92 Å². The smallest absolute Gasteiger partial charge is 0.296 e. The lowest BCUT2D eigenvalue weighted by atomic mass is 9.85. The van der Waals surface area contributed by atoms with E-state index >= 15 is 0 Å². The number of halogens is 3. The van der Waals surface area contributed by atoms with Gasteiger partial charge in [0.1, 0.15) is 17.8 Å². The van der Waals surface area contributed by atoms with Crippen LogP contribution in [-0.4, -0.2) is 83.1 Å². The third-order valence-electron chi connectivity index (χ3n) is 7.57. The SMILES string of the molecule is CC(F)CN(C)C1CCC(CNc2nc(N3CCOCC3)cc(-n3c(C(F)F)nc4ccccc43)n2)CC1. The van der Waals surface area contributed by atoms with Crippen LogP contribution in [0.25, 0.3) is 16.9 Å². The van der Waals surface area contributed by atoms with Crippen LogP contribution in [0.3, 0.4) is 0 Å². The largest absolute Gasteiger partial charge is 0.378 e. The number of ether oxygens (including phenoxy) is 1. The minimum absolute atomic E-state index is 0.339. The number of nitrogens with one attached hydrogen (secondary N) is 1. The number of benzene rings is 1. The highest BCUT2D eigenvalue weighted by Gasteiger charge is 2.26. The van der Waals surface area contributed by atoms with Gasteiger partial charge in [-0.25, -0.2) is 18.2 Å². The molecule has 3 heterocycles. The van der Waals surface area contributed by atoms with E-state index in [-0.39, 0.29) is 5.82 Å². The number of anilines is 2. The number of hydrogen-bond donors (Lipinski definition) is 1. The zero-order valence-electron chi connectivity index (χ0n) is 22.0. The number of aromatic nitrogens is 4. The number of fused-ring (bicyclic) bond motifs is 1. The lowest BCUT2D eigenvalue weighted by molar-refractivity contribution is 0.122. The molecule has 1 aliphatic heterocycles. The maximum atomic E-state index is 14.1. The average molecular weight is 532 g/mol. The highest BCUT2D eigenvalue weighted by molar-refractivity contribution is 5.78. The summed E-state index contributed by atoms with van der Waals surface area (Å²) in [5.41, 5.74) is 1.07. The molecular weight excluding hydrogens is 495 g/mol. The Balaban J connectivity index is 1.38. The summed E-state index contributed by atoms with van der Waals surface area (Å²) in [7, 11) is 2.00. The van der Waals surface area contributed by atoms with Crippen molar-refractivity contribution in [3.8, 4) is 5.82 Å². The Morgan fingerprint density at radius 1 is 1.03 bits per heavy atom. The Hall–Kier alpha value is -2.92. The topological polar surface area (TPSA) is 71.3 Å². The second-order valence-corrected chi connectivity index (χ2v) is 10.4. The summed E-state index contributed by atoms with van der Waals surface area (Å²) in [5, 5.41) is 3.39. The second-order valence-electron chi connectivity index (χ2n) is 10.4. The zero-order chi connectivity index (χ0) is 26.6. The molecule has 0 radical (unpaired) electrons. The van der Waals surface area contributed by atoms with Crippen molar-refractivity contribution < 1.29 is 17.9 Å². The molecule has 11 heteroatoms. The van der Waals surface area contributed by atoms with E-state index in [0.717, 1.165) is 25.7 Å². The average Bonchev–Trinajstić information content (AvgIpc) is 3.32. The molecule has 3 aromatic rings. The predicted molar refractivity (Wildman–Crippen MR) is 142 cm³/mol. The van der Waals surface area contributed by atoms with Gasteiger partial charge in [-0.3, -0.25) is 4.57 Å². The normalized spacial score (nSPS) is 21.4. The lowest BCUT2D eigenvalue weighted by Gasteiger charge is -2.35. The molecule has 8 nitrogen and oxygen atoms in total. The first-order chi connectivity index (χ1) is 18.4. The van der Waals surface area contributed by atoms with Gasteiger partial charge in [0.05, 0.1) is 24.2 Å². The number of rotatable bonds is 9.